The van der Waals surface area contributed by atoms with Crippen molar-refractivity contribution in [3.63, 3.8) is 0 Å². The van der Waals surface area contributed by atoms with Gasteiger partial charge < -0.3 is 24.8 Å². The zero-order chi connectivity index (χ0) is 28.7. The fraction of sp³-hybridized carbons (Fsp3) is 0.550. The first kappa shape index (κ1) is 27.8. The molecule has 7 rings (SSSR count). The number of aromatic amines is 1. The van der Waals surface area contributed by atoms with E-state index >= 15 is 0 Å². The molecule has 3 aromatic rings. The molecule has 4 aliphatic rings. The van der Waals surface area contributed by atoms with E-state index in [-0.39, 0.29) is 30.1 Å². The third-order valence-corrected chi connectivity index (χ3v) is 10.6. The van der Waals surface area contributed by atoms with E-state index in [1.54, 1.807) is 6.07 Å². The summed E-state index contributed by atoms with van der Waals surface area (Å²) < 4.78 is 62.9. The van der Waals surface area contributed by atoms with Crippen LogP contribution in [0, 0.1) is 5.92 Å². The van der Waals surface area contributed by atoms with E-state index in [2.05, 4.69) is 49.4 Å². The summed E-state index contributed by atoms with van der Waals surface area (Å²) in [7, 11) is 0. The first-order valence-corrected chi connectivity index (χ1v) is 17.7. The van der Waals surface area contributed by atoms with Gasteiger partial charge in [-0.25, -0.2) is 24.1 Å². The van der Waals surface area contributed by atoms with Crippen LogP contribution in [-0.2, 0) is 32.0 Å². The van der Waals surface area contributed by atoms with E-state index < -0.39 is 67.4 Å². The molecule has 2 saturated heterocycles. The molecule has 4 fully saturated rings. The van der Waals surface area contributed by atoms with Gasteiger partial charge in [0, 0.05) is 24.6 Å². The van der Waals surface area contributed by atoms with Crippen LogP contribution in [0.3, 0.4) is 0 Å². The molecule has 2 saturated carbocycles. The second kappa shape index (κ2) is 9.74. The SMILES string of the molecule is Nc1nc2c(ncn2[C@@H]2O[C@@H]3C4O[P@@](=O)(S)O[C@H]5C[C@H](Oc6ccncn6)CC5CO[P@@](=O)(S)O[C@@H]2[C@]43O)c(=O)[nH]1. The number of fused-ring (bicyclic) bond motifs is 3. The van der Waals surface area contributed by atoms with Crippen molar-refractivity contribution >= 4 is 55.2 Å². The number of aromatic nitrogens is 6. The summed E-state index contributed by atoms with van der Waals surface area (Å²) in [5, 5.41) is 11.6. The van der Waals surface area contributed by atoms with E-state index in [1.165, 1.54) is 23.4 Å². The summed E-state index contributed by atoms with van der Waals surface area (Å²) in [5.74, 6) is -0.311. The molecule has 21 heteroatoms. The molecule has 3 aromatic heterocycles. The summed E-state index contributed by atoms with van der Waals surface area (Å²) in [4.78, 5) is 30.7. The third-order valence-electron chi connectivity index (χ3n) is 7.45. The van der Waals surface area contributed by atoms with Crippen LogP contribution in [0.4, 0.5) is 5.95 Å². The summed E-state index contributed by atoms with van der Waals surface area (Å²) in [5.41, 5.74) is 3.11. The Morgan fingerprint density at radius 3 is 2.73 bits per heavy atom. The predicted octanol–water partition coefficient (Wildman–Crippen LogP) is 1.25. The van der Waals surface area contributed by atoms with Crippen molar-refractivity contribution in [2.45, 2.75) is 55.2 Å². The lowest BCUT2D eigenvalue weighted by Crippen LogP contribution is -2.39. The first-order chi connectivity index (χ1) is 19.4. The largest absolute Gasteiger partial charge is 0.474 e. The van der Waals surface area contributed by atoms with Gasteiger partial charge in [0.15, 0.2) is 23.0 Å². The first-order valence-electron chi connectivity index (χ1n) is 12.3. The summed E-state index contributed by atoms with van der Waals surface area (Å²) in [6.07, 6.45) is -1.43. The van der Waals surface area contributed by atoms with E-state index in [9.17, 15) is 19.0 Å². The van der Waals surface area contributed by atoms with E-state index in [0.29, 0.717) is 12.3 Å². The van der Waals surface area contributed by atoms with E-state index in [1.807, 2.05) is 0 Å². The molecule has 5 heterocycles. The average Bonchev–Trinajstić information content (AvgIpc) is 3.27. The lowest BCUT2D eigenvalue weighted by molar-refractivity contribution is -0.0850. The van der Waals surface area contributed by atoms with Crippen molar-refractivity contribution < 1.29 is 41.8 Å². The Balaban J connectivity index is 1.18. The molecular formula is C20H23N7O10P2S2. The normalized spacial score (nSPS) is 42.2. The number of thiol groups is 2. The highest BCUT2D eigenvalue weighted by Gasteiger charge is 2.80. The van der Waals surface area contributed by atoms with Gasteiger partial charge in [0.05, 0.1) is 19.0 Å². The molecule has 2 unspecified atom stereocenters. The number of anilines is 1. The summed E-state index contributed by atoms with van der Waals surface area (Å²) >= 11 is 8.30. The number of hydrogen-bond donors (Lipinski definition) is 5. The summed E-state index contributed by atoms with van der Waals surface area (Å²) in [6.45, 7) is -8.45. The molecule has 17 nitrogen and oxygen atoms in total. The van der Waals surface area contributed by atoms with Gasteiger partial charge in [0.25, 0.3) is 5.56 Å². The quantitative estimate of drug-likeness (QED) is 0.199. The zero-order valence-electron chi connectivity index (χ0n) is 20.7. The molecule has 2 aliphatic carbocycles. The number of aliphatic hydroxyl groups is 1. The Bertz CT molecular complexity index is 1660. The fourth-order valence-corrected chi connectivity index (χ4v) is 8.95. The minimum atomic E-state index is -4.18. The Kier molecular flexibility index (Phi) is 6.59. The Labute approximate surface area is 240 Å². The lowest BCUT2D eigenvalue weighted by atomic mass is 10.1. The van der Waals surface area contributed by atoms with Gasteiger partial charge in [-0.2, -0.15) is 4.98 Å². The van der Waals surface area contributed by atoms with Crippen LogP contribution in [-0.4, -0.2) is 77.3 Å². The van der Waals surface area contributed by atoms with Crippen LogP contribution in [0.5, 0.6) is 5.88 Å². The number of H-pyrrole nitrogens is 1. The minimum absolute atomic E-state index is 0.0231. The van der Waals surface area contributed by atoms with Gasteiger partial charge in [0.1, 0.15) is 30.7 Å². The van der Waals surface area contributed by atoms with Crippen molar-refractivity contribution in [2.24, 2.45) is 5.92 Å². The minimum Gasteiger partial charge on any atom is -0.474 e. The molecule has 220 valence electrons. The predicted molar refractivity (Wildman–Crippen MR) is 144 cm³/mol. The van der Waals surface area contributed by atoms with Crippen LogP contribution in [0.25, 0.3) is 11.2 Å². The van der Waals surface area contributed by atoms with Crippen LogP contribution in [0.15, 0.2) is 29.7 Å². The van der Waals surface area contributed by atoms with Gasteiger partial charge in [-0.05, 0) is 6.42 Å². The van der Waals surface area contributed by atoms with Crippen molar-refractivity contribution in [1.82, 2.24) is 29.5 Å². The highest BCUT2D eigenvalue weighted by Crippen LogP contribution is 2.69. The maximum Gasteiger partial charge on any atom is 0.386 e. The molecule has 0 aromatic carbocycles. The molecule has 4 N–H and O–H groups in total. The second-order valence-electron chi connectivity index (χ2n) is 10.1. The highest BCUT2D eigenvalue weighted by molar-refractivity contribution is 8.44. The van der Waals surface area contributed by atoms with Crippen molar-refractivity contribution in [3.8, 4) is 5.88 Å². The average molecular weight is 648 g/mol. The van der Waals surface area contributed by atoms with Crippen molar-refractivity contribution in [3.05, 3.63) is 35.3 Å². The standard InChI is InChI=1S/C20H23N7O10P2S2/c21-19-25-16-12(17(28)26-19)24-7-27(16)18-15-20(29)13(34-18)14(20)36-39(31,41)35-10-4-9(33-11-1-2-22-6-23-11)3-8(10)5-32-38(30,40)37-15/h1-2,6-10,13-15,18,29H,3-5H2,(H,30,40)(H,31,41)(H3,21,25,26,28)/t8?,9-,10+,13-,14?,15+,18-,20-,38-,39+/m1/s1. The molecule has 41 heavy (non-hydrogen) atoms. The molecule has 0 radical (unpaired) electrons. The number of nitrogens with one attached hydrogen (secondary N) is 1. The monoisotopic (exact) mass is 647 g/mol. The molecule has 0 amide bonds. The van der Waals surface area contributed by atoms with Gasteiger partial charge in [-0.1, -0.05) is 24.5 Å². The smallest absolute Gasteiger partial charge is 0.386 e. The topological polar surface area (TPSA) is 225 Å². The van der Waals surface area contributed by atoms with Crippen LogP contribution < -0.4 is 16.0 Å². The second-order valence-corrected chi connectivity index (χ2v) is 15.8. The number of nitrogens with two attached hydrogens (primary N) is 1. The maximum atomic E-state index is 13.5. The van der Waals surface area contributed by atoms with Gasteiger partial charge >= 0.3 is 13.6 Å². The molecule has 2 aliphatic heterocycles. The van der Waals surface area contributed by atoms with Gasteiger partial charge in [-0.15, -0.1) is 0 Å². The number of nitrogen functional groups attached to an aromatic ring is 1. The molecule has 0 bridgehead atoms. The lowest BCUT2D eigenvalue weighted by Gasteiger charge is -2.31. The zero-order valence-corrected chi connectivity index (χ0v) is 24.3. The van der Waals surface area contributed by atoms with Crippen molar-refractivity contribution in [1.29, 1.82) is 0 Å². The Morgan fingerprint density at radius 2 is 1.95 bits per heavy atom. The fourth-order valence-electron chi connectivity index (χ4n) is 5.56. The van der Waals surface area contributed by atoms with E-state index in [0.717, 1.165) is 0 Å². The highest BCUT2D eigenvalue weighted by atomic mass is 32.7. The number of imidazole rings is 1. The Morgan fingerprint density at radius 1 is 1.15 bits per heavy atom. The number of ether oxygens (including phenoxy) is 2. The molecule has 10 atom stereocenters. The number of nitrogens with zero attached hydrogens (tertiary/aromatic N) is 5. The van der Waals surface area contributed by atoms with Crippen LogP contribution in [0.1, 0.15) is 19.1 Å². The number of rotatable bonds is 3. The number of hydrogen-bond acceptors (Lipinski definition) is 15. The maximum absolute atomic E-state index is 13.5. The van der Waals surface area contributed by atoms with Gasteiger partial charge in [-0.3, -0.25) is 27.9 Å². The van der Waals surface area contributed by atoms with Gasteiger partial charge in [0.2, 0.25) is 11.8 Å². The van der Waals surface area contributed by atoms with E-state index in [4.69, 9.17) is 33.3 Å². The van der Waals surface area contributed by atoms with Crippen LogP contribution >= 0.6 is 38.1 Å². The third kappa shape index (κ3) is 4.91. The molecular weight excluding hydrogens is 624 g/mol. The van der Waals surface area contributed by atoms with Crippen LogP contribution in [0.2, 0.25) is 0 Å². The Hall–Kier alpha value is -2.05. The van der Waals surface area contributed by atoms with Crippen molar-refractivity contribution in [2.75, 3.05) is 12.3 Å². The summed E-state index contributed by atoms with van der Waals surface area (Å²) in [6, 6.07) is 1.59. The molecule has 0 spiro atoms.